The molecular weight excluding hydrogens is 380 g/mol. The van der Waals surface area contributed by atoms with Crippen LogP contribution in [0.4, 0.5) is 4.79 Å². The Bertz CT molecular complexity index is 1000. The lowest BCUT2D eigenvalue weighted by atomic mass is 10.1. The predicted molar refractivity (Wildman–Crippen MR) is 108 cm³/mol. The molecule has 0 fully saturated rings. The molecule has 142 valence electrons. The predicted octanol–water partition coefficient (Wildman–Crippen LogP) is 5.16. The summed E-state index contributed by atoms with van der Waals surface area (Å²) in [4.78, 5) is 28.2. The van der Waals surface area contributed by atoms with Gasteiger partial charge in [0.1, 0.15) is 16.8 Å². The molecule has 1 N–H and O–H groups in total. The third-order valence-corrected chi connectivity index (χ3v) is 5.89. The number of nitrogens with zero attached hydrogens (tertiary/aromatic N) is 2. The Hall–Kier alpha value is -2.29. The van der Waals surface area contributed by atoms with Crippen molar-refractivity contribution in [2.24, 2.45) is 0 Å². The summed E-state index contributed by atoms with van der Waals surface area (Å²) in [5.41, 5.74) is 1.79. The van der Waals surface area contributed by atoms with Crippen molar-refractivity contribution in [3.8, 4) is 0 Å². The standard InChI is InChI=1S/C19H22N2O4SSi/c1-5-16(22)14-11-26-18(20-14)17(25-27(2,3)4)13-10-21(19(23)24)15-9-7-6-8-12(13)15/h6-11,17H,5H2,1-4H3,(H,23,24). The number of carbonyl (C=O) groups excluding carboxylic acids is 1. The fraction of sp³-hybridized carbons (Fsp3) is 0.316. The van der Waals surface area contributed by atoms with Crippen LogP contribution in [0.1, 0.15) is 40.5 Å². The molecule has 0 bridgehead atoms. The highest BCUT2D eigenvalue weighted by atomic mass is 32.1. The molecule has 0 saturated heterocycles. The molecule has 27 heavy (non-hydrogen) atoms. The summed E-state index contributed by atoms with van der Waals surface area (Å²) in [6.07, 6.45) is 0.428. The van der Waals surface area contributed by atoms with Crippen LogP contribution in [0.5, 0.6) is 0 Å². The van der Waals surface area contributed by atoms with Gasteiger partial charge in [-0.3, -0.25) is 9.36 Å². The van der Waals surface area contributed by atoms with E-state index in [2.05, 4.69) is 24.6 Å². The van der Waals surface area contributed by atoms with E-state index in [0.717, 1.165) is 10.9 Å². The minimum absolute atomic E-state index is 0.0165. The van der Waals surface area contributed by atoms with Gasteiger partial charge in [0.25, 0.3) is 0 Å². The van der Waals surface area contributed by atoms with Crippen LogP contribution < -0.4 is 0 Å². The number of carbonyl (C=O) groups is 2. The second kappa shape index (κ2) is 7.38. The smallest absolute Gasteiger partial charge is 0.416 e. The third-order valence-electron chi connectivity index (χ3n) is 4.06. The molecule has 1 atom stereocenters. The summed E-state index contributed by atoms with van der Waals surface area (Å²) >= 11 is 1.37. The van der Waals surface area contributed by atoms with Crippen molar-refractivity contribution in [1.82, 2.24) is 9.55 Å². The number of ketones is 1. The molecule has 0 amide bonds. The Labute approximate surface area is 162 Å². The maximum absolute atomic E-state index is 12.0. The van der Waals surface area contributed by atoms with Crippen LogP contribution in [-0.4, -0.2) is 34.9 Å². The van der Waals surface area contributed by atoms with Crippen LogP contribution in [0.2, 0.25) is 19.6 Å². The molecule has 2 aromatic heterocycles. The van der Waals surface area contributed by atoms with Crippen LogP contribution in [0.15, 0.2) is 35.8 Å². The number of Topliss-reactive ketones (excluding diaryl/α,β-unsaturated/α-hetero) is 1. The van der Waals surface area contributed by atoms with E-state index in [1.54, 1.807) is 30.6 Å². The largest absolute Gasteiger partial charge is 0.464 e. The summed E-state index contributed by atoms with van der Waals surface area (Å²) < 4.78 is 7.61. The van der Waals surface area contributed by atoms with Crippen molar-refractivity contribution in [2.75, 3.05) is 0 Å². The van der Waals surface area contributed by atoms with Gasteiger partial charge in [-0.1, -0.05) is 25.1 Å². The monoisotopic (exact) mass is 402 g/mol. The lowest BCUT2D eigenvalue weighted by Crippen LogP contribution is -2.28. The molecule has 0 saturated carbocycles. The van der Waals surface area contributed by atoms with E-state index in [0.29, 0.717) is 22.6 Å². The van der Waals surface area contributed by atoms with Crippen molar-refractivity contribution in [3.05, 3.63) is 52.1 Å². The first-order chi connectivity index (χ1) is 12.7. The topological polar surface area (TPSA) is 81.4 Å². The van der Waals surface area contributed by atoms with Gasteiger partial charge in [-0.25, -0.2) is 9.78 Å². The zero-order valence-corrected chi connectivity index (χ0v) is 17.5. The van der Waals surface area contributed by atoms with Crippen molar-refractivity contribution in [2.45, 2.75) is 39.1 Å². The minimum Gasteiger partial charge on any atom is -0.464 e. The van der Waals surface area contributed by atoms with Crippen molar-refractivity contribution < 1.29 is 19.1 Å². The van der Waals surface area contributed by atoms with Gasteiger partial charge >= 0.3 is 6.09 Å². The minimum atomic E-state index is -1.99. The van der Waals surface area contributed by atoms with Gasteiger partial charge in [-0.2, -0.15) is 0 Å². The molecule has 6 nitrogen and oxygen atoms in total. The number of hydrogen-bond acceptors (Lipinski definition) is 5. The van der Waals surface area contributed by atoms with Gasteiger partial charge in [0, 0.05) is 28.9 Å². The zero-order chi connectivity index (χ0) is 19.8. The molecule has 8 heteroatoms. The van der Waals surface area contributed by atoms with Gasteiger partial charge < -0.3 is 9.53 Å². The quantitative estimate of drug-likeness (QED) is 0.455. The molecule has 0 aliphatic heterocycles. The van der Waals surface area contributed by atoms with Crippen LogP contribution in [0.25, 0.3) is 10.9 Å². The highest BCUT2D eigenvalue weighted by Crippen LogP contribution is 2.36. The SMILES string of the molecule is CCC(=O)c1csc(C(O[Si](C)(C)C)c2cn(C(=O)O)c3ccccc23)n1. The van der Waals surface area contributed by atoms with E-state index in [9.17, 15) is 14.7 Å². The van der Waals surface area contributed by atoms with Crippen LogP contribution in [-0.2, 0) is 4.43 Å². The number of rotatable bonds is 6. The Morgan fingerprint density at radius 3 is 2.63 bits per heavy atom. The summed E-state index contributed by atoms with van der Waals surface area (Å²) in [6.45, 7) is 8.02. The van der Waals surface area contributed by atoms with Crippen molar-refractivity contribution in [3.63, 3.8) is 0 Å². The summed E-state index contributed by atoms with van der Waals surface area (Å²) in [7, 11) is -1.99. The van der Waals surface area contributed by atoms with Gasteiger partial charge in [-0.05, 0) is 25.7 Å². The van der Waals surface area contributed by atoms with Gasteiger partial charge in [0.15, 0.2) is 14.1 Å². The number of benzene rings is 1. The van der Waals surface area contributed by atoms with Crippen LogP contribution in [0, 0.1) is 0 Å². The number of hydrogen-bond donors (Lipinski definition) is 1. The average molecular weight is 403 g/mol. The summed E-state index contributed by atoms with van der Waals surface area (Å²) in [6, 6.07) is 7.33. The summed E-state index contributed by atoms with van der Waals surface area (Å²) in [5.74, 6) is -0.0165. The lowest BCUT2D eigenvalue weighted by molar-refractivity contribution is 0.0983. The lowest BCUT2D eigenvalue weighted by Gasteiger charge is -2.25. The molecule has 0 spiro atoms. The van der Waals surface area contributed by atoms with E-state index in [4.69, 9.17) is 4.43 Å². The normalized spacial score (nSPS) is 13.0. The molecule has 0 radical (unpaired) electrons. The van der Waals surface area contributed by atoms with Crippen LogP contribution >= 0.6 is 11.3 Å². The average Bonchev–Trinajstić information content (AvgIpc) is 3.23. The molecular formula is C19H22N2O4SSi. The number of carboxylic acid groups (broad SMARTS) is 1. The van der Waals surface area contributed by atoms with E-state index in [1.165, 1.54) is 15.9 Å². The first-order valence-electron chi connectivity index (χ1n) is 8.71. The van der Waals surface area contributed by atoms with Crippen molar-refractivity contribution in [1.29, 1.82) is 0 Å². The van der Waals surface area contributed by atoms with Gasteiger partial charge in [0.05, 0.1) is 5.52 Å². The fourth-order valence-corrected chi connectivity index (χ4v) is 4.79. The Balaban J connectivity index is 2.17. The molecule has 2 heterocycles. The Morgan fingerprint density at radius 2 is 2.00 bits per heavy atom. The molecule has 0 aliphatic carbocycles. The first-order valence-corrected chi connectivity index (χ1v) is 13.0. The molecule has 1 unspecified atom stereocenters. The maximum atomic E-state index is 12.0. The van der Waals surface area contributed by atoms with Gasteiger partial charge in [-0.15, -0.1) is 11.3 Å². The van der Waals surface area contributed by atoms with Crippen LogP contribution in [0.3, 0.4) is 0 Å². The first kappa shape index (κ1) is 19.5. The molecule has 3 aromatic rings. The second-order valence-electron chi connectivity index (χ2n) is 7.21. The Kier molecular flexibility index (Phi) is 5.32. The number of aromatic nitrogens is 2. The highest BCUT2D eigenvalue weighted by Gasteiger charge is 2.30. The van der Waals surface area contributed by atoms with E-state index in [1.807, 2.05) is 12.1 Å². The highest BCUT2D eigenvalue weighted by molar-refractivity contribution is 7.10. The maximum Gasteiger partial charge on any atom is 0.416 e. The fourth-order valence-electron chi connectivity index (χ4n) is 2.89. The number of thiazole rings is 1. The molecule has 1 aromatic carbocycles. The molecule has 0 aliphatic rings. The van der Waals surface area contributed by atoms with E-state index < -0.39 is 20.5 Å². The van der Waals surface area contributed by atoms with E-state index >= 15 is 0 Å². The van der Waals surface area contributed by atoms with E-state index in [-0.39, 0.29) is 5.78 Å². The van der Waals surface area contributed by atoms with Gasteiger partial charge in [0.2, 0.25) is 0 Å². The molecule has 3 rings (SSSR count). The zero-order valence-electron chi connectivity index (χ0n) is 15.7. The third kappa shape index (κ3) is 4.02. The number of para-hydroxylation sites is 1. The summed E-state index contributed by atoms with van der Waals surface area (Å²) in [5, 5.41) is 12.8. The number of fused-ring (bicyclic) bond motifs is 1. The Morgan fingerprint density at radius 1 is 1.30 bits per heavy atom. The second-order valence-corrected chi connectivity index (χ2v) is 12.6. The van der Waals surface area contributed by atoms with Crippen molar-refractivity contribution >= 4 is 42.4 Å².